The zero-order chi connectivity index (χ0) is 13.9. The van der Waals surface area contributed by atoms with E-state index in [1.807, 2.05) is 31.2 Å². The summed E-state index contributed by atoms with van der Waals surface area (Å²) in [7, 11) is 1.68. The molecule has 0 bridgehead atoms. The normalized spacial score (nSPS) is 10.9. The number of aromatic amines is 1. The molecule has 4 heteroatoms. The maximum absolute atomic E-state index is 5.16. The Kier molecular flexibility index (Phi) is 3.37. The van der Waals surface area contributed by atoms with Gasteiger partial charge in [-0.2, -0.15) is 0 Å². The topological polar surface area (TPSA) is 50.8 Å². The SMILES string of the molecule is COc1ccc(CCc2nc3nc(C)ccc3[nH]2)cc1. The molecule has 3 aromatic rings. The molecule has 3 rings (SSSR count). The number of methoxy groups -OCH3 is 1. The Morgan fingerprint density at radius 1 is 1.00 bits per heavy atom. The molecule has 0 aliphatic carbocycles. The number of fused-ring (bicyclic) bond motifs is 1. The van der Waals surface area contributed by atoms with Crippen LogP contribution in [0.15, 0.2) is 36.4 Å². The lowest BCUT2D eigenvalue weighted by Gasteiger charge is -2.02. The molecule has 2 heterocycles. The molecule has 0 aliphatic heterocycles. The maximum Gasteiger partial charge on any atom is 0.177 e. The van der Waals surface area contributed by atoms with Gasteiger partial charge in [0.1, 0.15) is 11.6 Å². The molecule has 2 aromatic heterocycles. The maximum atomic E-state index is 5.16. The molecule has 0 aliphatic rings. The fraction of sp³-hybridized carbons (Fsp3) is 0.250. The number of imidazole rings is 1. The average Bonchev–Trinajstić information content (AvgIpc) is 2.87. The quantitative estimate of drug-likeness (QED) is 0.790. The second kappa shape index (κ2) is 5.33. The van der Waals surface area contributed by atoms with E-state index in [2.05, 4.69) is 27.1 Å². The van der Waals surface area contributed by atoms with Crippen LogP contribution >= 0.6 is 0 Å². The van der Waals surface area contributed by atoms with Crippen LogP contribution in [0, 0.1) is 6.92 Å². The first kappa shape index (κ1) is 12.7. The number of benzene rings is 1. The zero-order valence-corrected chi connectivity index (χ0v) is 11.7. The van der Waals surface area contributed by atoms with Crippen LogP contribution in [0.5, 0.6) is 5.75 Å². The number of aromatic nitrogens is 3. The van der Waals surface area contributed by atoms with Gasteiger partial charge in [0.05, 0.1) is 12.6 Å². The summed E-state index contributed by atoms with van der Waals surface area (Å²) < 4.78 is 5.16. The lowest BCUT2D eigenvalue weighted by Crippen LogP contribution is -1.93. The van der Waals surface area contributed by atoms with E-state index >= 15 is 0 Å². The third-order valence-electron chi connectivity index (χ3n) is 3.34. The summed E-state index contributed by atoms with van der Waals surface area (Å²) in [6, 6.07) is 12.2. The Morgan fingerprint density at radius 3 is 2.55 bits per heavy atom. The molecular formula is C16H17N3O. The molecule has 0 saturated heterocycles. The lowest BCUT2D eigenvalue weighted by molar-refractivity contribution is 0.414. The fourth-order valence-corrected chi connectivity index (χ4v) is 2.21. The highest BCUT2D eigenvalue weighted by atomic mass is 16.5. The Balaban J connectivity index is 1.72. The summed E-state index contributed by atoms with van der Waals surface area (Å²) in [4.78, 5) is 12.3. The van der Waals surface area contributed by atoms with Crippen LogP contribution in [0.2, 0.25) is 0 Å². The van der Waals surface area contributed by atoms with Crippen LogP contribution in [0.1, 0.15) is 17.1 Å². The van der Waals surface area contributed by atoms with Gasteiger partial charge in [0, 0.05) is 12.1 Å². The summed E-state index contributed by atoms with van der Waals surface area (Å²) >= 11 is 0. The largest absolute Gasteiger partial charge is 0.497 e. The number of H-pyrrole nitrogens is 1. The van der Waals surface area contributed by atoms with Crippen molar-refractivity contribution < 1.29 is 4.74 Å². The molecule has 0 spiro atoms. The van der Waals surface area contributed by atoms with Gasteiger partial charge in [0.25, 0.3) is 0 Å². The second-order valence-corrected chi connectivity index (χ2v) is 4.86. The van der Waals surface area contributed by atoms with Gasteiger partial charge in [-0.05, 0) is 43.2 Å². The van der Waals surface area contributed by atoms with Crippen molar-refractivity contribution in [3.8, 4) is 5.75 Å². The van der Waals surface area contributed by atoms with Crippen molar-refractivity contribution in [2.45, 2.75) is 19.8 Å². The number of hydrogen-bond donors (Lipinski definition) is 1. The number of rotatable bonds is 4. The Bertz CT molecular complexity index is 716. The minimum absolute atomic E-state index is 0.801. The van der Waals surface area contributed by atoms with E-state index in [9.17, 15) is 0 Å². The summed E-state index contributed by atoms with van der Waals surface area (Å²) in [5, 5.41) is 0. The minimum Gasteiger partial charge on any atom is -0.497 e. The van der Waals surface area contributed by atoms with Crippen molar-refractivity contribution in [1.82, 2.24) is 15.0 Å². The van der Waals surface area contributed by atoms with Gasteiger partial charge < -0.3 is 9.72 Å². The summed E-state index contributed by atoms with van der Waals surface area (Å²) in [5.74, 6) is 1.87. The molecule has 0 atom stereocenters. The molecule has 0 saturated carbocycles. The van der Waals surface area contributed by atoms with E-state index in [1.165, 1.54) is 5.56 Å². The molecule has 0 amide bonds. The molecule has 20 heavy (non-hydrogen) atoms. The Labute approximate surface area is 117 Å². The van der Waals surface area contributed by atoms with Crippen LogP contribution in [-0.4, -0.2) is 22.1 Å². The van der Waals surface area contributed by atoms with Crippen LogP contribution < -0.4 is 4.74 Å². The Morgan fingerprint density at radius 2 is 1.80 bits per heavy atom. The van der Waals surface area contributed by atoms with Crippen LogP contribution in [0.4, 0.5) is 0 Å². The predicted molar refractivity (Wildman–Crippen MR) is 79.0 cm³/mol. The molecule has 1 aromatic carbocycles. The van der Waals surface area contributed by atoms with E-state index in [0.29, 0.717) is 0 Å². The number of pyridine rings is 1. The number of nitrogens with zero attached hydrogens (tertiary/aromatic N) is 2. The zero-order valence-electron chi connectivity index (χ0n) is 11.7. The van der Waals surface area contributed by atoms with Gasteiger partial charge in [-0.25, -0.2) is 9.97 Å². The molecule has 1 N–H and O–H groups in total. The summed E-state index contributed by atoms with van der Waals surface area (Å²) in [6.45, 7) is 1.98. The van der Waals surface area contributed by atoms with Gasteiger partial charge in [0.15, 0.2) is 5.65 Å². The third-order valence-corrected chi connectivity index (χ3v) is 3.34. The van der Waals surface area contributed by atoms with Crippen LogP contribution in [-0.2, 0) is 12.8 Å². The molecule has 4 nitrogen and oxygen atoms in total. The first-order valence-corrected chi connectivity index (χ1v) is 6.70. The van der Waals surface area contributed by atoms with Gasteiger partial charge >= 0.3 is 0 Å². The number of ether oxygens (including phenoxy) is 1. The molecular weight excluding hydrogens is 250 g/mol. The van der Waals surface area contributed by atoms with Crippen molar-refractivity contribution in [3.05, 3.63) is 53.5 Å². The van der Waals surface area contributed by atoms with E-state index < -0.39 is 0 Å². The highest BCUT2D eigenvalue weighted by Crippen LogP contribution is 2.14. The molecule has 0 fully saturated rings. The first-order chi connectivity index (χ1) is 9.74. The standard InChI is InChI=1S/C16H17N3O/c1-11-3-9-14-16(17-11)19-15(18-14)10-6-12-4-7-13(20-2)8-5-12/h3-5,7-9H,6,10H2,1-2H3,(H,17,18,19). The summed E-state index contributed by atoms with van der Waals surface area (Å²) in [6.07, 6.45) is 1.82. The highest BCUT2D eigenvalue weighted by Gasteiger charge is 2.04. The van der Waals surface area contributed by atoms with Gasteiger partial charge in [-0.1, -0.05) is 12.1 Å². The van der Waals surface area contributed by atoms with E-state index in [0.717, 1.165) is 41.3 Å². The van der Waals surface area contributed by atoms with Crippen molar-refractivity contribution in [2.75, 3.05) is 7.11 Å². The van der Waals surface area contributed by atoms with E-state index in [4.69, 9.17) is 4.74 Å². The van der Waals surface area contributed by atoms with Crippen LogP contribution in [0.25, 0.3) is 11.2 Å². The fourth-order valence-electron chi connectivity index (χ4n) is 2.21. The molecule has 102 valence electrons. The van der Waals surface area contributed by atoms with E-state index in [-0.39, 0.29) is 0 Å². The summed E-state index contributed by atoms with van der Waals surface area (Å²) in [5.41, 5.74) is 4.07. The lowest BCUT2D eigenvalue weighted by atomic mass is 10.1. The smallest absolute Gasteiger partial charge is 0.177 e. The highest BCUT2D eigenvalue weighted by molar-refractivity contribution is 5.70. The van der Waals surface area contributed by atoms with Gasteiger partial charge in [-0.3, -0.25) is 0 Å². The van der Waals surface area contributed by atoms with Gasteiger partial charge in [-0.15, -0.1) is 0 Å². The van der Waals surface area contributed by atoms with Crippen molar-refractivity contribution in [3.63, 3.8) is 0 Å². The molecule has 0 radical (unpaired) electrons. The first-order valence-electron chi connectivity index (χ1n) is 6.70. The van der Waals surface area contributed by atoms with Crippen molar-refractivity contribution in [2.24, 2.45) is 0 Å². The third kappa shape index (κ3) is 2.64. The van der Waals surface area contributed by atoms with E-state index in [1.54, 1.807) is 7.11 Å². The number of aryl methyl sites for hydroxylation is 3. The number of nitrogens with one attached hydrogen (secondary N) is 1. The monoisotopic (exact) mass is 267 g/mol. The van der Waals surface area contributed by atoms with Crippen molar-refractivity contribution in [1.29, 1.82) is 0 Å². The van der Waals surface area contributed by atoms with Crippen molar-refractivity contribution >= 4 is 11.2 Å². The molecule has 0 unspecified atom stereocenters. The average molecular weight is 267 g/mol. The minimum atomic E-state index is 0.801. The van der Waals surface area contributed by atoms with Crippen LogP contribution in [0.3, 0.4) is 0 Å². The second-order valence-electron chi connectivity index (χ2n) is 4.86. The predicted octanol–water partition coefficient (Wildman–Crippen LogP) is 3.06. The number of hydrogen-bond acceptors (Lipinski definition) is 3. The van der Waals surface area contributed by atoms with Gasteiger partial charge in [0.2, 0.25) is 0 Å². The Hall–Kier alpha value is -2.36.